The van der Waals surface area contributed by atoms with Crippen molar-refractivity contribution >= 4 is 11.9 Å². The van der Waals surface area contributed by atoms with Crippen molar-refractivity contribution in [1.29, 1.82) is 0 Å². The Hall–Kier alpha value is -1.58. The van der Waals surface area contributed by atoms with Gasteiger partial charge >= 0.3 is 11.9 Å². The number of allylic oxidation sites excluding steroid dienone is 2. The lowest BCUT2D eigenvalue weighted by Gasteiger charge is -2.32. The molecule has 1 aliphatic rings. The number of rotatable bonds is 4. The summed E-state index contributed by atoms with van der Waals surface area (Å²) in [6.45, 7) is 3.12. The monoisotopic (exact) mass is 252 g/mol. The minimum atomic E-state index is -0.943. The maximum atomic E-state index is 10.9. The molecule has 4 nitrogen and oxygen atoms in total. The molecule has 0 atom stereocenters. The molecule has 0 aromatic rings. The molecule has 0 spiro atoms. The highest BCUT2D eigenvalue weighted by atomic mass is 16.4. The third-order valence-corrected chi connectivity index (χ3v) is 3.47. The van der Waals surface area contributed by atoms with Crippen LogP contribution in [0.1, 0.15) is 46.0 Å². The molecule has 0 amide bonds. The van der Waals surface area contributed by atoms with Crippen LogP contribution < -0.4 is 0 Å². The molecule has 100 valence electrons. The maximum Gasteiger partial charge on any atom is 0.330 e. The van der Waals surface area contributed by atoms with Gasteiger partial charge in [-0.1, -0.05) is 31.4 Å². The molecule has 0 heterocycles. The van der Waals surface area contributed by atoms with Crippen molar-refractivity contribution in [3.63, 3.8) is 0 Å². The molecule has 0 bridgehead atoms. The van der Waals surface area contributed by atoms with Gasteiger partial charge in [0.2, 0.25) is 0 Å². The van der Waals surface area contributed by atoms with Crippen LogP contribution in [0.2, 0.25) is 0 Å². The Morgan fingerprint density at radius 1 is 0.889 bits per heavy atom. The predicted molar refractivity (Wildman–Crippen MR) is 68.3 cm³/mol. The first-order valence-corrected chi connectivity index (χ1v) is 6.22. The Kier molecular flexibility index (Phi) is 4.70. The van der Waals surface area contributed by atoms with Gasteiger partial charge in [-0.05, 0) is 26.7 Å². The van der Waals surface area contributed by atoms with Crippen LogP contribution in [0, 0.1) is 5.41 Å². The minimum absolute atomic E-state index is 0.284. The largest absolute Gasteiger partial charge is 0.478 e. The number of carboxylic acids is 2. The van der Waals surface area contributed by atoms with Gasteiger partial charge < -0.3 is 10.2 Å². The standard InChI is InChI=1S/C14H20O4/c1-10(12(15)16)8-14(6-4-3-5-7-14)9-11(2)13(17)18/h8-9H,3-7H2,1-2H3,(H,15,16)(H,17,18). The molecule has 0 aliphatic heterocycles. The lowest BCUT2D eigenvalue weighted by atomic mass is 9.72. The van der Waals surface area contributed by atoms with Crippen LogP contribution in [0.25, 0.3) is 0 Å². The third kappa shape index (κ3) is 3.72. The fourth-order valence-electron chi connectivity index (χ4n) is 2.53. The first kappa shape index (κ1) is 14.5. The molecular weight excluding hydrogens is 232 g/mol. The van der Waals surface area contributed by atoms with Crippen LogP contribution in [0.3, 0.4) is 0 Å². The van der Waals surface area contributed by atoms with E-state index in [0.29, 0.717) is 0 Å². The summed E-state index contributed by atoms with van der Waals surface area (Å²) in [6.07, 6.45) is 8.23. The Morgan fingerprint density at radius 2 is 1.28 bits per heavy atom. The molecule has 18 heavy (non-hydrogen) atoms. The second-order valence-electron chi connectivity index (χ2n) is 5.06. The van der Waals surface area contributed by atoms with E-state index in [1.54, 1.807) is 26.0 Å². The molecular formula is C14H20O4. The number of carboxylic acid groups (broad SMARTS) is 2. The van der Waals surface area contributed by atoms with Gasteiger partial charge in [-0.15, -0.1) is 0 Å². The Labute approximate surface area is 107 Å². The zero-order chi connectivity index (χ0) is 13.8. The molecule has 0 aromatic heterocycles. The summed E-state index contributed by atoms with van der Waals surface area (Å²) in [5.41, 5.74) is 0.168. The zero-order valence-corrected chi connectivity index (χ0v) is 10.9. The number of carbonyl (C=O) groups is 2. The number of aliphatic carboxylic acids is 2. The first-order valence-electron chi connectivity index (χ1n) is 6.22. The van der Waals surface area contributed by atoms with Gasteiger partial charge in [-0.3, -0.25) is 0 Å². The smallest absolute Gasteiger partial charge is 0.330 e. The van der Waals surface area contributed by atoms with Crippen molar-refractivity contribution in [1.82, 2.24) is 0 Å². The average Bonchev–Trinajstić information content (AvgIpc) is 2.29. The second kappa shape index (κ2) is 5.85. The van der Waals surface area contributed by atoms with E-state index in [1.165, 1.54) is 0 Å². The van der Waals surface area contributed by atoms with Crippen molar-refractivity contribution in [2.75, 3.05) is 0 Å². The van der Waals surface area contributed by atoms with Crippen LogP contribution in [-0.2, 0) is 9.59 Å². The van der Waals surface area contributed by atoms with Crippen LogP contribution in [0.5, 0.6) is 0 Å². The minimum Gasteiger partial charge on any atom is -0.478 e. The van der Waals surface area contributed by atoms with E-state index in [4.69, 9.17) is 10.2 Å². The Morgan fingerprint density at radius 3 is 1.61 bits per heavy atom. The van der Waals surface area contributed by atoms with E-state index >= 15 is 0 Å². The van der Waals surface area contributed by atoms with Crippen molar-refractivity contribution in [3.8, 4) is 0 Å². The summed E-state index contributed by atoms with van der Waals surface area (Å²) < 4.78 is 0. The van der Waals surface area contributed by atoms with Crippen LogP contribution in [0.4, 0.5) is 0 Å². The molecule has 2 N–H and O–H groups in total. The highest BCUT2D eigenvalue weighted by molar-refractivity contribution is 5.87. The lowest BCUT2D eigenvalue weighted by Crippen LogP contribution is -2.22. The summed E-state index contributed by atoms with van der Waals surface area (Å²) >= 11 is 0. The first-order chi connectivity index (χ1) is 8.36. The van der Waals surface area contributed by atoms with E-state index in [1.807, 2.05) is 0 Å². The molecule has 1 aliphatic carbocycles. The van der Waals surface area contributed by atoms with E-state index in [-0.39, 0.29) is 11.1 Å². The van der Waals surface area contributed by atoms with E-state index in [0.717, 1.165) is 32.1 Å². The zero-order valence-electron chi connectivity index (χ0n) is 10.9. The lowest BCUT2D eigenvalue weighted by molar-refractivity contribution is -0.133. The van der Waals surface area contributed by atoms with E-state index in [2.05, 4.69) is 0 Å². The highest BCUT2D eigenvalue weighted by Crippen LogP contribution is 2.40. The van der Waals surface area contributed by atoms with Crippen molar-refractivity contribution in [2.45, 2.75) is 46.0 Å². The van der Waals surface area contributed by atoms with E-state index in [9.17, 15) is 9.59 Å². The maximum absolute atomic E-state index is 10.9. The fraction of sp³-hybridized carbons (Fsp3) is 0.571. The molecule has 0 saturated heterocycles. The summed E-state index contributed by atoms with van der Waals surface area (Å²) in [5.74, 6) is -1.89. The van der Waals surface area contributed by atoms with Gasteiger partial charge in [-0.2, -0.15) is 0 Å². The molecule has 0 aromatic carbocycles. The van der Waals surface area contributed by atoms with Gasteiger partial charge in [0.15, 0.2) is 0 Å². The fourth-order valence-corrected chi connectivity index (χ4v) is 2.53. The Balaban J connectivity index is 3.10. The second-order valence-corrected chi connectivity index (χ2v) is 5.06. The summed E-state index contributed by atoms with van der Waals surface area (Å²) in [5, 5.41) is 17.9. The summed E-state index contributed by atoms with van der Waals surface area (Å²) in [4.78, 5) is 21.9. The molecule has 1 fully saturated rings. The highest BCUT2D eigenvalue weighted by Gasteiger charge is 2.29. The molecule has 0 unspecified atom stereocenters. The van der Waals surface area contributed by atoms with Gasteiger partial charge in [0, 0.05) is 16.6 Å². The molecule has 1 saturated carbocycles. The molecule has 0 radical (unpaired) electrons. The van der Waals surface area contributed by atoms with Gasteiger partial charge in [0.05, 0.1) is 0 Å². The van der Waals surface area contributed by atoms with Crippen LogP contribution in [-0.4, -0.2) is 22.2 Å². The average molecular weight is 252 g/mol. The quantitative estimate of drug-likeness (QED) is 0.754. The number of hydrogen-bond donors (Lipinski definition) is 2. The van der Waals surface area contributed by atoms with E-state index < -0.39 is 17.4 Å². The van der Waals surface area contributed by atoms with Gasteiger partial charge in [0.25, 0.3) is 0 Å². The van der Waals surface area contributed by atoms with Crippen LogP contribution in [0.15, 0.2) is 23.3 Å². The summed E-state index contributed by atoms with van der Waals surface area (Å²) in [7, 11) is 0. The van der Waals surface area contributed by atoms with Crippen molar-refractivity contribution in [3.05, 3.63) is 23.3 Å². The summed E-state index contributed by atoms with van der Waals surface area (Å²) in [6, 6.07) is 0. The van der Waals surface area contributed by atoms with Gasteiger partial charge in [-0.25, -0.2) is 9.59 Å². The molecule has 4 heteroatoms. The van der Waals surface area contributed by atoms with Gasteiger partial charge in [0.1, 0.15) is 0 Å². The topological polar surface area (TPSA) is 74.6 Å². The van der Waals surface area contributed by atoms with Crippen molar-refractivity contribution in [2.24, 2.45) is 5.41 Å². The normalized spacial score (nSPS) is 20.6. The molecule has 1 rings (SSSR count). The predicted octanol–water partition coefficient (Wildman–Crippen LogP) is 3.00. The number of hydrogen-bond acceptors (Lipinski definition) is 2. The van der Waals surface area contributed by atoms with Crippen molar-refractivity contribution < 1.29 is 19.8 Å². The SMILES string of the molecule is CC(=CC1(C=C(C)C(=O)O)CCCCC1)C(=O)O. The Bertz CT molecular complexity index is 366. The third-order valence-electron chi connectivity index (χ3n) is 3.47. The van der Waals surface area contributed by atoms with Crippen LogP contribution >= 0.6 is 0 Å².